The minimum atomic E-state index is -0.151. The van der Waals surface area contributed by atoms with Crippen molar-refractivity contribution in [2.75, 3.05) is 6.16 Å². The Bertz CT molecular complexity index is 394. The normalized spacial score (nSPS) is 10.1. The second-order valence-corrected chi connectivity index (χ2v) is 22.5. The van der Waals surface area contributed by atoms with Crippen LogP contribution in [0.4, 0.5) is 0 Å². The molecular weight excluding hydrogens is 592 g/mol. The van der Waals surface area contributed by atoms with Gasteiger partial charge in [0.1, 0.15) is 0 Å². The van der Waals surface area contributed by atoms with Gasteiger partial charge in [-0.2, -0.15) is 0 Å². The van der Waals surface area contributed by atoms with Gasteiger partial charge in [0.25, 0.3) is 0 Å². The third-order valence-corrected chi connectivity index (χ3v) is 5.32. The van der Waals surface area contributed by atoms with Gasteiger partial charge in [-0.05, 0) is 24.7 Å². The first-order valence-electron chi connectivity index (χ1n) is 6.08. The molecule has 0 saturated heterocycles. The van der Waals surface area contributed by atoms with Gasteiger partial charge in [0.15, 0.2) is 0 Å². The van der Waals surface area contributed by atoms with E-state index in [1.807, 2.05) is 0 Å². The molecule has 104 valence electrons. The SMILES string of the molecule is CCCP(c1ccccc1)c1ccccc1.I[I-]I. The molecule has 19 heavy (non-hydrogen) atoms. The van der Waals surface area contributed by atoms with Crippen LogP contribution in [0.2, 0.25) is 0 Å². The van der Waals surface area contributed by atoms with Gasteiger partial charge < -0.3 is 0 Å². The zero-order valence-corrected chi connectivity index (χ0v) is 18.1. The Balaban J connectivity index is 0.000000550. The van der Waals surface area contributed by atoms with Crippen molar-refractivity contribution in [1.29, 1.82) is 0 Å². The number of hydrogen-bond acceptors (Lipinski definition) is 0. The zero-order chi connectivity index (χ0) is 13.9. The molecule has 0 N–H and O–H groups in total. The first-order chi connectivity index (χ1) is 9.33. The Morgan fingerprint density at radius 3 is 1.53 bits per heavy atom. The molecule has 0 aliphatic heterocycles. The molecule has 2 aromatic rings. The second kappa shape index (κ2) is 11.7. The summed E-state index contributed by atoms with van der Waals surface area (Å²) >= 11 is 5.30. The molecule has 0 spiro atoms. The molecule has 0 nitrogen and oxygen atoms in total. The van der Waals surface area contributed by atoms with Crippen LogP contribution in [-0.2, 0) is 0 Å². The van der Waals surface area contributed by atoms with Gasteiger partial charge in [0.05, 0.1) is 0 Å². The van der Waals surface area contributed by atoms with Gasteiger partial charge in [-0.25, -0.2) is 0 Å². The van der Waals surface area contributed by atoms with E-state index < -0.39 is 0 Å². The van der Waals surface area contributed by atoms with Crippen molar-refractivity contribution in [2.45, 2.75) is 13.3 Å². The first-order valence-corrected chi connectivity index (χ1v) is 20.2. The van der Waals surface area contributed by atoms with Gasteiger partial charge in [-0.1, -0.05) is 74.0 Å². The summed E-state index contributed by atoms with van der Waals surface area (Å²) in [5.41, 5.74) is 0. The monoisotopic (exact) mass is 609 g/mol. The summed E-state index contributed by atoms with van der Waals surface area (Å²) in [7, 11) is -0.151. The van der Waals surface area contributed by atoms with Crippen molar-refractivity contribution in [3.8, 4) is 0 Å². The quantitative estimate of drug-likeness (QED) is 0.369. The summed E-state index contributed by atoms with van der Waals surface area (Å²) in [5, 5.41) is 2.98. The molecule has 0 radical (unpaired) electrons. The van der Waals surface area contributed by atoms with Crippen molar-refractivity contribution in [2.24, 2.45) is 0 Å². The van der Waals surface area contributed by atoms with Crippen LogP contribution in [0.15, 0.2) is 60.7 Å². The van der Waals surface area contributed by atoms with E-state index in [0.717, 1.165) is 0 Å². The number of halogens is 3. The van der Waals surface area contributed by atoms with Crippen molar-refractivity contribution in [3.05, 3.63) is 60.7 Å². The van der Waals surface area contributed by atoms with Crippen LogP contribution < -0.4 is 23.9 Å². The van der Waals surface area contributed by atoms with Gasteiger partial charge in [-0.3, -0.25) is 0 Å². The van der Waals surface area contributed by atoms with Crippen LogP contribution in [0.3, 0.4) is 0 Å². The van der Waals surface area contributed by atoms with Gasteiger partial charge in [0, 0.05) is 0 Å². The summed E-state index contributed by atoms with van der Waals surface area (Å²) in [6.07, 6.45) is 2.53. The third-order valence-electron chi connectivity index (χ3n) is 2.58. The first kappa shape index (κ1) is 18.1. The van der Waals surface area contributed by atoms with E-state index in [4.69, 9.17) is 0 Å². The van der Waals surface area contributed by atoms with E-state index in [1.54, 1.807) is 0 Å². The maximum atomic E-state index is 2.39. The Hall–Kier alpha value is 1.06. The van der Waals surface area contributed by atoms with E-state index in [0.29, 0.717) is 13.3 Å². The van der Waals surface area contributed by atoms with E-state index in [-0.39, 0.29) is 7.92 Å². The van der Waals surface area contributed by atoms with E-state index in [9.17, 15) is 0 Å². The zero-order valence-electron chi connectivity index (χ0n) is 10.8. The Kier molecular flexibility index (Phi) is 11.1. The van der Waals surface area contributed by atoms with Crippen molar-refractivity contribution in [3.63, 3.8) is 0 Å². The van der Waals surface area contributed by atoms with Gasteiger partial charge in [0.2, 0.25) is 0 Å². The van der Waals surface area contributed by atoms with Crippen LogP contribution in [0, 0.1) is 0 Å². The van der Waals surface area contributed by atoms with Crippen molar-refractivity contribution in [1.82, 2.24) is 0 Å². The fourth-order valence-corrected chi connectivity index (χ4v) is 4.17. The van der Waals surface area contributed by atoms with Crippen LogP contribution in [-0.4, -0.2) is 6.16 Å². The Labute approximate surface area is 147 Å². The fraction of sp³-hybridized carbons (Fsp3) is 0.200. The Morgan fingerprint density at radius 2 is 1.21 bits per heavy atom. The summed E-state index contributed by atoms with van der Waals surface area (Å²) < 4.78 is 0. The minimum absolute atomic E-state index is 0.151. The molecule has 0 heterocycles. The predicted octanol–water partition coefficient (Wildman–Crippen LogP) is 2.30. The molecule has 0 aliphatic carbocycles. The van der Waals surface area contributed by atoms with Gasteiger partial charge >= 0.3 is 50.5 Å². The molecule has 0 amide bonds. The molecule has 0 fully saturated rings. The molecule has 0 aromatic heterocycles. The maximum absolute atomic E-state index is 2.39. The Morgan fingerprint density at radius 1 is 0.842 bits per heavy atom. The number of hydrogen-bond donors (Lipinski definition) is 0. The van der Waals surface area contributed by atoms with Crippen molar-refractivity contribution < 1.29 is 13.3 Å². The summed E-state index contributed by atoms with van der Waals surface area (Å²) in [4.78, 5) is 0. The molecule has 4 heteroatoms. The molecule has 0 bridgehead atoms. The number of rotatable bonds is 4. The average molecular weight is 609 g/mol. The topological polar surface area (TPSA) is 0 Å². The summed E-state index contributed by atoms with van der Waals surface area (Å²) in [6.45, 7) is 2.27. The standard InChI is InChI=1S/C15H17P.I3/c1-2-13-16(14-9-5-3-6-10-14)15-11-7-4-8-12-15;1-3-2/h3-12H,2,13H2,1H3;/q;-1. The van der Waals surface area contributed by atoms with Crippen LogP contribution >= 0.6 is 45.2 Å². The van der Waals surface area contributed by atoms with Crippen LogP contribution in [0.1, 0.15) is 13.3 Å². The van der Waals surface area contributed by atoms with Crippen LogP contribution in [0.5, 0.6) is 0 Å². The van der Waals surface area contributed by atoms with E-state index in [1.165, 1.54) is 23.2 Å². The molecular formula is C15H17I3P-. The second-order valence-electron chi connectivity index (χ2n) is 3.88. The predicted molar refractivity (Wildman–Crippen MR) is 102 cm³/mol. The number of benzene rings is 2. The van der Waals surface area contributed by atoms with Crippen LogP contribution in [0.25, 0.3) is 0 Å². The summed E-state index contributed by atoms with van der Waals surface area (Å²) in [6, 6.07) is 21.8. The van der Waals surface area contributed by atoms with E-state index >= 15 is 0 Å². The van der Waals surface area contributed by atoms with E-state index in [2.05, 4.69) is 105 Å². The molecule has 2 rings (SSSR count). The van der Waals surface area contributed by atoms with Gasteiger partial charge in [-0.15, -0.1) is 0 Å². The molecule has 2 aromatic carbocycles. The van der Waals surface area contributed by atoms with Crippen molar-refractivity contribution >= 4 is 55.8 Å². The average Bonchev–Trinajstić information content (AvgIpc) is 2.47. The summed E-state index contributed by atoms with van der Waals surface area (Å²) in [5.74, 6) is 0. The molecule has 0 atom stereocenters. The molecule has 0 unspecified atom stereocenters. The third kappa shape index (κ3) is 7.05. The molecule has 0 saturated carbocycles. The fourth-order valence-electron chi connectivity index (χ4n) is 1.85. The molecule has 0 aliphatic rings.